The highest BCUT2D eigenvalue weighted by molar-refractivity contribution is 5.83. The zero-order chi connectivity index (χ0) is 16.5. The van der Waals surface area contributed by atoms with E-state index in [9.17, 15) is 18.0 Å². The molecule has 2 atom stereocenters. The average Bonchev–Trinajstić information content (AvgIpc) is 3.17. The number of amides is 1. The maximum atomic E-state index is 12.4. The lowest BCUT2D eigenvalue weighted by Gasteiger charge is -2.24. The van der Waals surface area contributed by atoms with E-state index in [2.05, 4.69) is 10.1 Å². The second-order valence-corrected chi connectivity index (χ2v) is 6.11. The Balaban J connectivity index is 2.08. The number of carbonyl (C=O) groups excluding carboxylic acids is 1. The topological polar surface area (TPSA) is 64.3 Å². The van der Waals surface area contributed by atoms with Crippen molar-refractivity contribution in [2.45, 2.75) is 38.1 Å². The van der Waals surface area contributed by atoms with Crippen LogP contribution in [-0.4, -0.2) is 24.4 Å². The van der Waals surface area contributed by atoms with E-state index in [-0.39, 0.29) is 30.0 Å². The van der Waals surface area contributed by atoms with Crippen LogP contribution in [0.2, 0.25) is 0 Å². The lowest BCUT2D eigenvalue weighted by atomic mass is 10.0. The minimum Gasteiger partial charge on any atom is -0.405 e. The number of nitrogens with two attached hydrogens (primary N) is 1. The van der Waals surface area contributed by atoms with Gasteiger partial charge in [-0.1, -0.05) is 18.2 Å². The molecule has 0 aromatic heterocycles. The van der Waals surface area contributed by atoms with Crippen LogP contribution in [-0.2, 0) is 4.79 Å². The summed E-state index contributed by atoms with van der Waals surface area (Å²) in [6, 6.07) is 5.93. The summed E-state index contributed by atoms with van der Waals surface area (Å²) >= 11 is 0. The quantitative estimate of drug-likeness (QED) is 0.877. The van der Waals surface area contributed by atoms with Crippen LogP contribution in [0.4, 0.5) is 13.2 Å². The van der Waals surface area contributed by atoms with E-state index in [1.54, 1.807) is 26.0 Å². The molecular weight excluding hydrogens is 297 g/mol. The SMILES string of the molecule is CC(C)(CN)NC(=O)C1CC1c1ccccc1OC(F)(F)F. The highest BCUT2D eigenvalue weighted by atomic mass is 19.4. The molecule has 2 unspecified atom stereocenters. The van der Waals surface area contributed by atoms with Gasteiger partial charge >= 0.3 is 6.36 Å². The first-order valence-electron chi connectivity index (χ1n) is 7.00. The number of rotatable bonds is 5. The van der Waals surface area contributed by atoms with Crippen molar-refractivity contribution in [1.29, 1.82) is 0 Å². The summed E-state index contributed by atoms with van der Waals surface area (Å²) in [6.07, 6.45) is -4.24. The van der Waals surface area contributed by atoms with Crippen LogP contribution in [0.3, 0.4) is 0 Å². The first-order valence-corrected chi connectivity index (χ1v) is 7.00. The third-order valence-electron chi connectivity index (χ3n) is 3.64. The Labute approximate surface area is 126 Å². The zero-order valence-electron chi connectivity index (χ0n) is 12.4. The van der Waals surface area contributed by atoms with Crippen molar-refractivity contribution in [2.75, 3.05) is 6.54 Å². The molecule has 122 valence electrons. The van der Waals surface area contributed by atoms with Crippen LogP contribution in [0.5, 0.6) is 5.75 Å². The maximum Gasteiger partial charge on any atom is 0.573 e. The largest absolute Gasteiger partial charge is 0.573 e. The van der Waals surface area contributed by atoms with Crippen molar-refractivity contribution in [1.82, 2.24) is 5.32 Å². The predicted molar refractivity (Wildman–Crippen MR) is 75.2 cm³/mol. The Bertz CT molecular complexity index is 558. The molecule has 1 saturated carbocycles. The van der Waals surface area contributed by atoms with Gasteiger partial charge in [0.15, 0.2) is 0 Å². The minimum absolute atomic E-state index is 0.192. The van der Waals surface area contributed by atoms with Gasteiger partial charge in [-0.25, -0.2) is 0 Å². The standard InChI is InChI=1S/C15H19F3N2O2/c1-14(2,8-19)20-13(21)11-7-10(11)9-5-3-4-6-12(9)22-15(16,17)18/h3-6,10-11H,7-8,19H2,1-2H3,(H,20,21). The van der Waals surface area contributed by atoms with Gasteiger partial charge in [0.05, 0.1) is 0 Å². The van der Waals surface area contributed by atoms with Gasteiger partial charge in [-0.2, -0.15) is 0 Å². The summed E-state index contributed by atoms with van der Waals surface area (Å²) in [7, 11) is 0. The van der Waals surface area contributed by atoms with Gasteiger partial charge in [-0.15, -0.1) is 13.2 Å². The monoisotopic (exact) mass is 316 g/mol. The Hall–Kier alpha value is -1.76. The molecular formula is C15H19F3N2O2. The molecule has 1 fully saturated rings. The maximum absolute atomic E-state index is 12.4. The summed E-state index contributed by atoms with van der Waals surface area (Å²) in [5, 5.41) is 2.81. The zero-order valence-corrected chi connectivity index (χ0v) is 12.4. The fourth-order valence-corrected chi connectivity index (χ4v) is 2.31. The number of carbonyl (C=O) groups is 1. The Kier molecular flexibility index (Phi) is 4.37. The fraction of sp³-hybridized carbons (Fsp3) is 0.533. The van der Waals surface area contributed by atoms with E-state index in [1.165, 1.54) is 12.1 Å². The molecule has 7 heteroatoms. The second-order valence-electron chi connectivity index (χ2n) is 6.11. The molecule has 1 amide bonds. The highest BCUT2D eigenvalue weighted by Crippen LogP contribution is 2.51. The number of para-hydroxylation sites is 1. The van der Waals surface area contributed by atoms with Crippen molar-refractivity contribution in [3.8, 4) is 5.75 Å². The average molecular weight is 316 g/mol. The molecule has 0 bridgehead atoms. The first kappa shape index (κ1) is 16.6. The van der Waals surface area contributed by atoms with E-state index < -0.39 is 11.9 Å². The third kappa shape index (κ3) is 4.13. The molecule has 4 nitrogen and oxygen atoms in total. The fourth-order valence-electron chi connectivity index (χ4n) is 2.31. The molecule has 1 aromatic carbocycles. The highest BCUT2D eigenvalue weighted by Gasteiger charge is 2.47. The first-order chi connectivity index (χ1) is 10.1. The van der Waals surface area contributed by atoms with E-state index in [0.29, 0.717) is 12.0 Å². The van der Waals surface area contributed by atoms with E-state index in [1.807, 2.05) is 0 Å². The smallest absolute Gasteiger partial charge is 0.405 e. The van der Waals surface area contributed by atoms with Crippen LogP contribution < -0.4 is 15.8 Å². The van der Waals surface area contributed by atoms with E-state index in [4.69, 9.17) is 5.73 Å². The summed E-state index contributed by atoms with van der Waals surface area (Å²) in [6.45, 7) is 3.87. The van der Waals surface area contributed by atoms with Crippen molar-refractivity contribution < 1.29 is 22.7 Å². The molecule has 1 aliphatic carbocycles. The van der Waals surface area contributed by atoms with Gasteiger partial charge in [-0.05, 0) is 37.8 Å². The number of ether oxygens (including phenoxy) is 1. The minimum atomic E-state index is -4.75. The molecule has 0 radical (unpaired) electrons. The van der Waals surface area contributed by atoms with Gasteiger partial charge in [0.25, 0.3) is 0 Å². The molecule has 0 heterocycles. The number of hydrogen-bond donors (Lipinski definition) is 2. The molecule has 1 aromatic rings. The van der Waals surface area contributed by atoms with Crippen LogP contribution in [0.1, 0.15) is 31.7 Å². The number of halogens is 3. The molecule has 0 aliphatic heterocycles. The van der Waals surface area contributed by atoms with E-state index in [0.717, 1.165) is 0 Å². The molecule has 3 N–H and O–H groups in total. The Morgan fingerprint density at radius 3 is 2.59 bits per heavy atom. The molecule has 1 aliphatic rings. The lowest BCUT2D eigenvalue weighted by Crippen LogP contribution is -2.49. The molecule has 0 spiro atoms. The van der Waals surface area contributed by atoms with Crippen molar-refractivity contribution >= 4 is 5.91 Å². The summed E-state index contributed by atoms with van der Waals surface area (Å²) in [5.74, 6) is -1.04. The third-order valence-corrected chi connectivity index (χ3v) is 3.64. The van der Waals surface area contributed by atoms with Gasteiger partial charge in [0.2, 0.25) is 5.91 Å². The number of alkyl halides is 3. The van der Waals surface area contributed by atoms with Crippen molar-refractivity contribution in [2.24, 2.45) is 11.7 Å². The summed E-state index contributed by atoms with van der Waals surface area (Å²) < 4.78 is 41.3. The second kappa shape index (κ2) is 5.79. The Morgan fingerprint density at radius 1 is 1.36 bits per heavy atom. The van der Waals surface area contributed by atoms with Crippen molar-refractivity contribution in [3.63, 3.8) is 0 Å². The van der Waals surface area contributed by atoms with Crippen molar-refractivity contribution in [3.05, 3.63) is 29.8 Å². The van der Waals surface area contributed by atoms with Crippen LogP contribution in [0, 0.1) is 5.92 Å². The summed E-state index contributed by atoms with van der Waals surface area (Å²) in [5.41, 5.74) is 5.43. The normalized spacial score (nSPS) is 21.4. The van der Waals surface area contributed by atoms with Gasteiger partial charge in [-0.3, -0.25) is 4.79 Å². The number of benzene rings is 1. The van der Waals surface area contributed by atoms with Crippen LogP contribution in [0.25, 0.3) is 0 Å². The number of nitrogens with one attached hydrogen (secondary N) is 1. The number of hydrogen-bond acceptors (Lipinski definition) is 3. The van der Waals surface area contributed by atoms with Gasteiger partial charge < -0.3 is 15.8 Å². The predicted octanol–water partition coefficient (Wildman–Crippen LogP) is 2.54. The molecule has 22 heavy (non-hydrogen) atoms. The van der Waals surface area contributed by atoms with Crippen LogP contribution >= 0.6 is 0 Å². The van der Waals surface area contributed by atoms with E-state index >= 15 is 0 Å². The van der Waals surface area contributed by atoms with Crippen LogP contribution in [0.15, 0.2) is 24.3 Å². The molecule has 2 rings (SSSR count). The summed E-state index contributed by atoms with van der Waals surface area (Å²) in [4.78, 5) is 12.1. The van der Waals surface area contributed by atoms with Gasteiger partial charge in [0, 0.05) is 18.0 Å². The molecule has 0 saturated heterocycles. The van der Waals surface area contributed by atoms with Gasteiger partial charge in [0.1, 0.15) is 5.75 Å². The lowest BCUT2D eigenvalue weighted by molar-refractivity contribution is -0.274. The Morgan fingerprint density at radius 2 is 2.00 bits per heavy atom.